The predicted octanol–water partition coefficient (Wildman–Crippen LogP) is 3.94. The van der Waals surface area contributed by atoms with Gasteiger partial charge in [-0.1, -0.05) is 6.07 Å². The Labute approximate surface area is 142 Å². The smallest absolute Gasteiger partial charge is 0.264 e. The van der Waals surface area contributed by atoms with Crippen LogP contribution in [0.2, 0.25) is 0 Å². The maximum Gasteiger partial charge on any atom is 0.264 e. The van der Waals surface area contributed by atoms with Crippen LogP contribution in [0.15, 0.2) is 52.3 Å². The number of anilines is 1. The molecule has 0 bridgehead atoms. The van der Waals surface area contributed by atoms with Crippen molar-refractivity contribution < 1.29 is 13.2 Å². The van der Waals surface area contributed by atoms with Gasteiger partial charge >= 0.3 is 0 Å². The molecule has 2 aromatic carbocycles. The summed E-state index contributed by atoms with van der Waals surface area (Å²) in [6, 6.07) is 12.4. The molecule has 0 fully saturated rings. The van der Waals surface area contributed by atoms with Gasteiger partial charge in [0.15, 0.2) is 0 Å². The van der Waals surface area contributed by atoms with Crippen LogP contribution in [0.1, 0.15) is 12.5 Å². The van der Waals surface area contributed by atoms with Crippen molar-refractivity contribution >= 4 is 27.5 Å². The lowest BCUT2D eigenvalue weighted by atomic mass is 10.2. The van der Waals surface area contributed by atoms with Crippen molar-refractivity contribution in [3.8, 4) is 5.75 Å². The number of aryl methyl sites for hydroxylation is 1. The van der Waals surface area contributed by atoms with Gasteiger partial charge < -0.3 is 4.74 Å². The van der Waals surface area contributed by atoms with E-state index in [9.17, 15) is 8.42 Å². The van der Waals surface area contributed by atoms with Crippen LogP contribution >= 0.6 is 11.8 Å². The third-order valence-corrected chi connectivity index (χ3v) is 6.18. The molecule has 0 aliphatic heterocycles. The first-order valence-corrected chi connectivity index (χ1v) is 9.92. The van der Waals surface area contributed by atoms with Crippen molar-refractivity contribution in [1.29, 1.82) is 0 Å². The van der Waals surface area contributed by atoms with Gasteiger partial charge in [-0.25, -0.2) is 8.42 Å². The zero-order valence-corrected chi connectivity index (χ0v) is 15.4. The molecule has 0 amide bonds. The zero-order valence-electron chi connectivity index (χ0n) is 13.7. The van der Waals surface area contributed by atoms with Gasteiger partial charge in [-0.05, 0) is 62.1 Å². The molecule has 0 aromatic heterocycles. The molecule has 6 heteroatoms. The van der Waals surface area contributed by atoms with Crippen molar-refractivity contribution in [2.24, 2.45) is 0 Å². The zero-order chi connectivity index (χ0) is 17.0. The van der Waals surface area contributed by atoms with E-state index in [-0.39, 0.29) is 4.90 Å². The maximum atomic E-state index is 13.0. The van der Waals surface area contributed by atoms with Crippen molar-refractivity contribution in [1.82, 2.24) is 0 Å². The van der Waals surface area contributed by atoms with E-state index in [2.05, 4.69) is 0 Å². The van der Waals surface area contributed by atoms with Crippen LogP contribution in [0.25, 0.3) is 0 Å². The Kier molecular flexibility index (Phi) is 5.59. The largest absolute Gasteiger partial charge is 0.495 e. The van der Waals surface area contributed by atoms with Crippen molar-refractivity contribution in [2.45, 2.75) is 23.6 Å². The van der Waals surface area contributed by atoms with Crippen LogP contribution in [0.3, 0.4) is 0 Å². The second-order valence-corrected chi connectivity index (χ2v) is 7.76. The van der Waals surface area contributed by atoms with E-state index in [1.54, 1.807) is 37.1 Å². The normalized spacial score (nSPS) is 11.3. The fourth-order valence-electron chi connectivity index (χ4n) is 2.34. The van der Waals surface area contributed by atoms with Crippen LogP contribution in [0.5, 0.6) is 5.75 Å². The minimum atomic E-state index is -3.63. The number of hydrogen-bond acceptors (Lipinski definition) is 4. The number of methoxy groups -OCH3 is 1. The van der Waals surface area contributed by atoms with Gasteiger partial charge in [-0.2, -0.15) is 0 Å². The topological polar surface area (TPSA) is 46.6 Å². The fourth-order valence-corrected chi connectivity index (χ4v) is 4.22. The first-order valence-electron chi connectivity index (χ1n) is 7.25. The first-order chi connectivity index (χ1) is 10.9. The average molecular weight is 351 g/mol. The van der Waals surface area contributed by atoms with E-state index < -0.39 is 10.0 Å². The Hall–Kier alpha value is -1.66. The van der Waals surface area contributed by atoms with Crippen molar-refractivity contribution in [2.75, 3.05) is 24.2 Å². The molecule has 0 atom stereocenters. The van der Waals surface area contributed by atoms with Gasteiger partial charge in [-0.15, -0.1) is 11.8 Å². The van der Waals surface area contributed by atoms with Crippen LogP contribution in [0, 0.1) is 6.92 Å². The summed E-state index contributed by atoms with van der Waals surface area (Å²) < 4.78 is 32.7. The molecule has 0 radical (unpaired) electrons. The second kappa shape index (κ2) is 7.27. The van der Waals surface area contributed by atoms with E-state index in [1.165, 1.54) is 4.31 Å². The Morgan fingerprint density at radius 2 is 1.78 bits per heavy atom. The van der Waals surface area contributed by atoms with Gasteiger partial charge in [-0.3, -0.25) is 4.31 Å². The summed E-state index contributed by atoms with van der Waals surface area (Å²) in [5.74, 6) is 0.543. The maximum absolute atomic E-state index is 13.0. The molecule has 124 valence electrons. The first kappa shape index (κ1) is 17.7. The molecule has 0 aliphatic carbocycles. The van der Waals surface area contributed by atoms with Crippen LogP contribution in [0.4, 0.5) is 5.69 Å². The number of benzene rings is 2. The van der Waals surface area contributed by atoms with Crippen LogP contribution in [-0.4, -0.2) is 28.3 Å². The van der Waals surface area contributed by atoms with Gasteiger partial charge in [0.2, 0.25) is 0 Å². The lowest BCUT2D eigenvalue weighted by molar-refractivity contribution is 0.415. The highest BCUT2D eigenvalue weighted by molar-refractivity contribution is 7.98. The van der Waals surface area contributed by atoms with Crippen molar-refractivity contribution in [3.05, 3.63) is 48.0 Å². The predicted molar refractivity (Wildman–Crippen MR) is 96.2 cm³/mol. The minimum Gasteiger partial charge on any atom is -0.495 e. The summed E-state index contributed by atoms with van der Waals surface area (Å²) in [6.45, 7) is 4.07. The van der Waals surface area contributed by atoms with E-state index in [4.69, 9.17) is 4.74 Å². The van der Waals surface area contributed by atoms with E-state index in [0.717, 1.165) is 10.5 Å². The van der Waals surface area contributed by atoms with Crippen LogP contribution < -0.4 is 9.04 Å². The van der Waals surface area contributed by atoms with Crippen LogP contribution in [-0.2, 0) is 10.0 Å². The quantitative estimate of drug-likeness (QED) is 0.740. The molecule has 0 unspecified atom stereocenters. The molecular formula is C17H21NO3S2. The molecule has 0 N–H and O–H groups in total. The molecule has 0 aliphatic rings. The van der Waals surface area contributed by atoms with E-state index in [1.807, 2.05) is 44.4 Å². The van der Waals surface area contributed by atoms with E-state index in [0.29, 0.717) is 18.0 Å². The number of ether oxygens (including phenoxy) is 1. The average Bonchev–Trinajstić information content (AvgIpc) is 2.55. The highest BCUT2D eigenvalue weighted by Gasteiger charge is 2.26. The monoisotopic (exact) mass is 351 g/mol. The molecule has 23 heavy (non-hydrogen) atoms. The number of nitrogens with zero attached hydrogens (tertiary/aromatic N) is 1. The summed E-state index contributed by atoms with van der Waals surface area (Å²) in [4.78, 5) is 1.31. The number of thioether (sulfide) groups is 1. The summed E-state index contributed by atoms with van der Waals surface area (Å²) >= 11 is 1.58. The summed E-state index contributed by atoms with van der Waals surface area (Å²) in [5, 5.41) is 0. The third kappa shape index (κ3) is 3.64. The molecule has 0 saturated carbocycles. The Bertz CT molecular complexity index is 771. The Morgan fingerprint density at radius 1 is 1.13 bits per heavy atom. The lowest BCUT2D eigenvalue weighted by Crippen LogP contribution is -2.31. The molecule has 0 saturated heterocycles. The highest BCUT2D eigenvalue weighted by Crippen LogP contribution is 2.33. The van der Waals surface area contributed by atoms with E-state index >= 15 is 0 Å². The fraction of sp³-hybridized carbons (Fsp3) is 0.294. The summed E-state index contributed by atoms with van der Waals surface area (Å²) in [5.41, 5.74) is 1.54. The second-order valence-electron chi connectivity index (χ2n) is 5.02. The van der Waals surface area contributed by atoms with Gasteiger partial charge in [0.25, 0.3) is 10.0 Å². The SMILES string of the molecule is CCN(c1cc(C)ccc1OC)S(=O)(=O)c1ccc(SC)cc1. The third-order valence-electron chi connectivity index (χ3n) is 3.54. The minimum absolute atomic E-state index is 0.278. The molecule has 2 aromatic rings. The Balaban J connectivity index is 2.52. The molecule has 0 spiro atoms. The van der Waals surface area contributed by atoms with Gasteiger partial charge in [0.1, 0.15) is 5.75 Å². The highest BCUT2D eigenvalue weighted by atomic mass is 32.2. The lowest BCUT2D eigenvalue weighted by Gasteiger charge is -2.25. The van der Waals surface area contributed by atoms with Crippen molar-refractivity contribution in [3.63, 3.8) is 0 Å². The number of rotatable bonds is 6. The summed E-state index contributed by atoms with van der Waals surface area (Å²) in [7, 11) is -2.09. The van der Waals surface area contributed by atoms with Gasteiger partial charge in [0, 0.05) is 11.4 Å². The molecular weight excluding hydrogens is 330 g/mol. The standard InChI is InChI=1S/C17H21NO3S2/c1-5-18(16-12-13(2)6-11-17(16)21-3)23(19,20)15-9-7-14(22-4)8-10-15/h6-12H,5H2,1-4H3. The molecule has 4 nitrogen and oxygen atoms in total. The van der Waals surface area contributed by atoms with Gasteiger partial charge in [0.05, 0.1) is 17.7 Å². The number of sulfonamides is 1. The number of hydrogen-bond donors (Lipinski definition) is 0. The molecule has 2 rings (SSSR count). The summed E-state index contributed by atoms with van der Waals surface area (Å²) in [6.07, 6.45) is 1.96. The Morgan fingerprint density at radius 3 is 2.30 bits per heavy atom. The molecule has 0 heterocycles.